The second kappa shape index (κ2) is 7.46. The summed E-state index contributed by atoms with van der Waals surface area (Å²) in [6.45, 7) is 0. The fourth-order valence-electron chi connectivity index (χ4n) is 1.62. The maximum atomic E-state index is 11.8. The van der Waals surface area contributed by atoms with Crippen molar-refractivity contribution in [2.24, 2.45) is 0 Å². The molecule has 0 fully saturated rings. The number of hydrogen-bond acceptors (Lipinski definition) is 3. The number of benzene rings is 2. The normalized spacial score (nSPS) is 11.1. The zero-order chi connectivity index (χ0) is 14.9. The number of para-hydroxylation sites is 1. The summed E-state index contributed by atoms with van der Waals surface area (Å²) in [5.74, 6) is -0.253. The van der Waals surface area contributed by atoms with Crippen LogP contribution in [-0.2, 0) is 4.79 Å². The number of carbonyl (C=O) groups excluding carboxylic acids is 1. The van der Waals surface area contributed by atoms with Gasteiger partial charge in [-0.05, 0) is 23.8 Å². The first-order chi connectivity index (χ1) is 10.3. The summed E-state index contributed by atoms with van der Waals surface area (Å²) in [4.78, 5) is 11.8. The van der Waals surface area contributed by atoms with Gasteiger partial charge in [-0.3, -0.25) is 0 Å². The Bertz CT molecular complexity index is 695. The van der Waals surface area contributed by atoms with Crippen LogP contribution in [0.15, 0.2) is 78.4 Å². The van der Waals surface area contributed by atoms with E-state index in [4.69, 9.17) is 10.00 Å². The number of esters is 1. The summed E-state index contributed by atoms with van der Waals surface area (Å²) >= 11 is 0. The quantitative estimate of drug-likeness (QED) is 0.281. The van der Waals surface area contributed by atoms with Crippen LogP contribution >= 0.6 is 0 Å². The third-order valence-corrected chi connectivity index (χ3v) is 2.65. The molecule has 102 valence electrons. The van der Waals surface area contributed by atoms with E-state index in [-0.39, 0.29) is 5.57 Å². The Kier molecular flexibility index (Phi) is 5.08. The Morgan fingerprint density at radius 1 is 1.00 bits per heavy atom. The fourth-order valence-corrected chi connectivity index (χ4v) is 1.62. The largest absolute Gasteiger partial charge is 0.422 e. The highest BCUT2D eigenvalue weighted by Gasteiger charge is 2.10. The lowest BCUT2D eigenvalue weighted by atomic mass is 10.2. The van der Waals surface area contributed by atoms with Crippen LogP contribution < -0.4 is 4.74 Å². The maximum Gasteiger partial charge on any atom is 0.354 e. The SMILES string of the molecule is N#CC(=CC=Cc1ccccc1)C(=O)Oc1ccccc1. The number of allylic oxidation sites excluding steroid dienone is 2. The molecule has 0 bridgehead atoms. The van der Waals surface area contributed by atoms with Gasteiger partial charge in [0, 0.05) is 0 Å². The monoisotopic (exact) mass is 275 g/mol. The molecule has 0 N–H and O–H groups in total. The molecule has 0 atom stereocenters. The fraction of sp³-hybridized carbons (Fsp3) is 0. The summed E-state index contributed by atoms with van der Waals surface area (Å²) in [6.07, 6.45) is 4.91. The van der Waals surface area contributed by atoms with Crippen LogP contribution in [0.3, 0.4) is 0 Å². The van der Waals surface area contributed by atoms with Gasteiger partial charge in [0.1, 0.15) is 17.4 Å². The zero-order valence-corrected chi connectivity index (χ0v) is 11.3. The molecule has 0 aliphatic rings. The maximum absolute atomic E-state index is 11.8. The molecule has 0 unspecified atom stereocenters. The number of ether oxygens (including phenoxy) is 1. The van der Waals surface area contributed by atoms with Gasteiger partial charge >= 0.3 is 5.97 Å². The van der Waals surface area contributed by atoms with Gasteiger partial charge < -0.3 is 4.74 Å². The molecule has 0 aliphatic carbocycles. The Morgan fingerprint density at radius 3 is 2.24 bits per heavy atom. The van der Waals surface area contributed by atoms with Crippen molar-refractivity contribution in [2.45, 2.75) is 0 Å². The van der Waals surface area contributed by atoms with Crippen molar-refractivity contribution in [2.75, 3.05) is 0 Å². The molecular formula is C18H13NO2. The zero-order valence-electron chi connectivity index (χ0n) is 11.3. The second-order valence-electron chi connectivity index (χ2n) is 4.16. The molecule has 0 saturated carbocycles. The highest BCUT2D eigenvalue weighted by atomic mass is 16.5. The van der Waals surface area contributed by atoms with Crippen molar-refractivity contribution < 1.29 is 9.53 Å². The highest BCUT2D eigenvalue weighted by molar-refractivity contribution is 5.94. The van der Waals surface area contributed by atoms with Gasteiger partial charge in [-0.15, -0.1) is 0 Å². The molecule has 2 rings (SSSR count). The lowest BCUT2D eigenvalue weighted by molar-refractivity contribution is -0.129. The van der Waals surface area contributed by atoms with Crippen molar-refractivity contribution >= 4 is 12.0 Å². The predicted octanol–water partition coefficient (Wildman–Crippen LogP) is 3.76. The topological polar surface area (TPSA) is 50.1 Å². The number of nitriles is 1. The molecule has 3 nitrogen and oxygen atoms in total. The number of hydrogen-bond donors (Lipinski definition) is 0. The molecule has 0 radical (unpaired) electrons. The lowest BCUT2D eigenvalue weighted by Gasteiger charge is -2.01. The summed E-state index contributed by atoms with van der Waals surface area (Å²) in [5.41, 5.74) is 0.938. The van der Waals surface area contributed by atoms with Crippen molar-refractivity contribution in [3.63, 3.8) is 0 Å². The number of nitrogens with zero attached hydrogens (tertiary/aromatic N) is 1. The van der Waals surface area contributed by atoms with Gasteiger partial charge in [0.25, 0.3) is 0 Å². The predicted molar refractivity (Wildman–Crippen MR) is 81.2 cm³/mol. The van der Waals surface area contributed by atoms with Crippen LogP contribution in [0.4, 0.5) is 0 Å². The Labute approximate surface area is 123 Å². The standard InChI is InChI=1S/C18H13NO2/c19-14-16(11-7-10-15-8-3-1-4-9-15)18(20)21-17-12-5-2-6-13-17/h1-13H. The minimum Gasteiger partial charge on any atom is -0.422 e. The van der Waals surface area contributed by atoms with E-state index >= 15 is 0 Å². The molecular weight excluding hydrogens is 262 g/mol. The first kappa shape index (κ1) is 14.3. The Balaban J connectivity index is 2.05. The van der Waals surface area contributed by atoms with Crippen LogP contribution in [0.1, 0.15) is 5.56 Å². The first-order valence-electron chi connectivity index (χ1n) is 6.40. The van der Waals surface area contributed by atoms with E-state index in [1.165, 1.54) is 6.08 Å². The van der Waals surface area contributed by atoms with Crippen molar-refractivity contribution in [1.29, 1.82) is 5.26 Å². The molecule has 21 heavy (non-hydrogen) atoms. The number of carbonyl (C=O) groups is 1. The van der Waals surface area contributed by atoms with Gasteiger partial charge in [-0.1, -0.05) is 60.7 Å². The third kappa shape index (κ3) is 4.48. The summed E-state index contributed by atoms with van der Waals surface area (Å²) in [6, 6.07) is 20.1. The molecule has 0 heterocycles. The van der Waals surface area contributed by atoms with Crippen molar-refractivity contribution in [3.8, 4) is 11.8 Å². The van der Waals surface area contributed by atoms with E-state index in [1.54, 1.807) is 30.3 Å². The Hall–Kier alpha value is -3.12. The van der Waals surface area contributed by atoms with E-state index in [0.29, 0.717) is 5.75 Å². The van der Waals surface area contributed by atoms with Crippen LogP contribution in [0, 0.1) is 11.3 Å². The lowest BCUT2D eigenvalue weighted by Crippen LogP contribution is -2.09. The average Bonchev–Trinajstić information content (AvgIpc) is 2.53. The van der Waals surface area contributed by atoms with Crippen LogP contribution in [-0.4, -0.2) is 5.97 Å². The molecule has 0 spiro atoms. The van der Waals surface area contributed by atoms with Gasteiger partial charge in [0.05, 0.1) is 0 Å². The van der Waals surface area contributed by atoms with E-state index in [1.807, 2.05) is 48.5 Å². The minimum atomic E-state index is -0.665. The molecule has 0 aromatic heterocycles. The molecule has 2 aromatic carbocycles. The molecule has 0 amide bonds. The molecule has 2 aromatic rings. The van der Waals surface area contributed by atoms with Gasteiger partial charge in [0.15, 0.2) is 0 Å². The van der Waals surface area contributed by atoms with E-state index < -0.39 is 5.97 Å². The third-order valence-electron chi connectivity index (χ3n) is 2.65. The second-order valence-corrected chi connectivity index (χ2v) is 4.16. The average molecular weight is 275 g/mol. The molecule has 3 heteroatoms. The van der Waals surface area contributed by atoms with Gasteiger partial charge in [-0.2, -0.15) is 5.26 Å². The summed E-state index contributed by atoms with van der Waals surface area (Å²) in [5, 5.41) is 9.02. The van der Waals surface area contributed by atoms with Crippen molar-refractivity contribution in [3.05, 3.63) is 84.0 Å². The van der Waals surface area contributed by atoms with Crippen LogP contribution in [0.25, 0.3) is 6.08 Å². The van der Waals surface area contributed by atoms with Gasteiger partial charge in [-0.25, -0.2) is 4.79 Å². The smallest absolute Gasteiger partial charge is 0.354 e. The molecule has 0 aliphatic heterocycles. The van der Waals surface area contributed by atoms with Crippen molar-refractivity contribution in [1.82, 2.24) is 0 Å². The molecule has 0 saturated heterocycles. The number of rotatable bonds is 4. The minimum absolute atomic E-state index is 0.0500. The first-order valence-corrected chi connectivity index (χ1v) is 6.40. The van der Waals surface area contributed by atoms with Crippen LogP contribution in [0.2, 0.25) is 0 Å². The van der Waals surface area contributed by atoms with E-state index in [2.05, 4.69) is 0 Å². The highest BCUT2D eigenvalue weighted by Crippen LogP contribution is 2.11. The van der Waals surface area contributed by atoms with E-state index in [0.717, 1.165) is 5.56 Å². The Morgan fingerprint density at radius 2 is 1.62 bits per heavy atom. The summed E-state index contributed by atoms with van der Waals surface area (Å²) in [7, 11) is 0. The van der Waals surface area contributed by atoms with Gasteiger partial charge in [0.2, 0.25) is 0 Å². The summed E-state index contributed by atoms with van der Waals surface area (Å²) < 4.78 is 5.11. The van der Waals surface area contributed by atoms with Crippen LogP contribution in [0.5, 0.6) is 5.75 Å². The van der Waals surface area contributed by atoms with E-state index in [9.17, 15) is 4.79 Å².